The first-order valence-corrected chi connectivity index (χ1v) is 11.9. The van der Waals surface area contributed by atoms with Crippen molar-refractivity contribution in [1.29, 1.82) is 0 Å². The Morgan fingerprint density at radius 3 is 2.45 bits per heavy atom. The molecule has 2 aromatic carbocycles. The average molecular weight is 488 g/mol. The predicted molar refractivity (Wildman–Crippen MR) is 130 cm³/mol. The van der Waals surface area contributed by atoms with E-state index in [1.54, 1.807) is 37.7 Å². The first-order valence-electron chi connectivity index (χ1n) is 10.6. The molecule has 0 N–H and O–H groups in total. The third-order valence-corrected chi connectivity index (χ3v) is 6.92. The van der Waals surface area contributed by atoms with Crippen molar-refractivity contribution in [2.24, 2.45) is 0 Å². The van der Waals surface area contributed by atoms with Gasteiger partial charge in [0.1, 0.15) is 0 Å². The van der Waals surface area contributed by atoms with E-state index in [4.69, 9.17) is 30.5 Å². The molecule has 0 bridgehead atoms. The van der Waals surface area contributed by atoms with E-state index in [2.05, 4.69) is 0 Å². The highest BCUT2D eigenvalue weighted by Gasteiger charge is 2.35. The van der Waals surface area contributed by atoms with Crippen LogP contribution in [-0.2, 0) is 6.42 Å². The van der Waals surface area contributed by atoms with E-state index in [1.807, 2.05) is 41.5 Å². The fourth-order valence-corrected chi connectivity index (χ4v) is 5.33. The van der Waals surface area contributed by atoms with Crippen molar-refractivity contribution in [2.45, 2.75) is 19.4 Å². The lowest BCUT2D eigenvalue weighted by Gasteiger charge is -2.37. The lowest BCUT2D eigenvalue weighted by molar-refractivity contribution is 0.0696. The Bertz CT molecular complexity index is 1150. The largest absolute Gasteiger partial charge is 0.493 e. The number of carbonyl (C=O) groups is 1. The molecule has 1 atom stereocenters. The van der Waals surface area contributed by atoms with Crippen LogP contribution in [0.25, 0.3) is 0 Å². The number of carbonyl (C=O) groups excluding carboxylic acids is 1. The number of ether oxygens (including phenoxy) is 4. The van der Waals surface area contributed by atoms with Crippen LogP contribution >= 0.6 is 22.9 Å². The molecule has 1 unspecified atom stereocenters. The maximum atomic E-state index is 13.8. The second-order valence-electron chi connectivity index (χ2n) is 7.49. The zero-order valence-corrected chi connectivity index (χ0v) is 20.6. The van der Waals surface area contributed by atoms with Crippen molar-refractivity contribution in [2.75, 3.05) is 34.5 Å². The van der Waals surface area contributed by atoms with Gasteiger partial charge in [-0.15, -0.1) is 11.3 Å². The Labute approximate surface area is 202 Å². The van der Waals surface area contributed by atoms with Crippen LogP contribution in [0.15, 0.2) is 41.8 Å². The summed E-state index contributed by atoms with van der Waals surface area (Å²) in [6.07, 6.45) is 0.700. The van der Waals surface area contributed by atoms with Crippen molar-refractivity contribution in [3.05, 3.63) is 68.4 Å². The summed E-state index contributed by atoms with van der Waals surface area (Å²) in [5.41, 5.74) is 2.61. The molecule has 0 saturated heterocycles. The van der Waals surface area contributed by atoms with Gasteiger partial charge in [-0.25, -0.2) is 0 Å². The minimum atomic E-state index is -0.252. The minimum absolute atomic E-state index is 0.128. The standard InChI is InChI=1S/C25H26ClNO5S/c1-5-32-24-18(26)11-16(13-21(24)31-4)25(28)27-9-8-15-12-19(29-2)20(30-3)14-17(15)23(27)22-7-6-10-33-22/h6-7,10-14,23H,5,8-9H2,1-4H3. The Morgan fingerprint density at radius 2 is 1.82 bits per heavy atom. The van der Waals surface area contributed by atoms with Crippen molar-refractivity contribution < 1.29 is 23.7 Å². The van der Waals surface area contributed by atoms with Gasteiger partial charge in [0.25, 0.3) is 5.91 Å². The third kappa shape index (κ3) is 4.35. The van der Waals surface area contributed by atoms with Crippen LogP contribution in [0.3, 0.4) is 0 Å². The fourth-order valence-electron chi connectivity index (χ4n) is 4.21. The molecule has 0 radical (unpaired) electrons. The number of rotatable bonds is 7. The molecule has 3 aromatic rings. The summed E-state index contributed by atoms with van der Waals surface area (Å²) >= 11 is 8.08. The number of fused-ring (bicyclic) bond motifs is 1. The second-order valence-corrected chi connectivity index (χ2v) is 8.88. The normalized spacial score (nSPS) is 15.1. The zero-order chi connectivity index (χ0) is 23.5. The third-order valence-electron chi connectivity index (χ3n) is 5.71. The van der Waals surface area contributed by atoms with Crippen molar-refractivity contribution in [3.63, 3.8) is 0 Å². The van der Waals surface area contributed by atoms with Crippen LogP contribution in [0.1, 0.15) is 39.3 Å². The van der Waals surface area contributed by atoms with E-state index in [9.17, 15) is 4.79 Å². The molecule has 0 saturated carbocycles. The molecule has 1 aliphatic rings. The number of benzene rings is 2. The van der Waals surface area contributed by atoms with Gasteiger partial charge in [-0.1, -0.05) is 17.7 Å². The molecule has 1 aliphatic heterocycles. The maximum absolute atomic E-state index is 13.8. The smallest absolute Gasteiger partial charge is 0.254 e. The number of halogens is 1. The highest BCUT2D eigenvalue weighted by atomic mass is 35.5. The topological polar surface area (TPSA) is 57.2 Å². The van der Waals surface area contributed by atoms with Crippen LogP contribution in [0.2, 0.25) is 5.02 Å². The van der Waals surface area contributed by atoms with Gasteiger partial charge in [0.05, 0.1) is 39.0 Å². The highest BCUT2D eigenvalue weighted by molar-refractivity contribution is 7.10. The van der Waals surface area contributed by atoms with E-state index in [-0.39, 0.29) is 11.9 Å². The van der Waals surface area contributed by atoms with Gasteiger partial charge in [0.2, 0.25) is 0 Å². The van der Waals surface area contributed by atoms with E-state index in [1.165, 1.54) is 7.11 Å². The number of amides is 1. The van der Waals surface area contributed by atoms with Gasteiger partial charge in [-0.2, -0.15) is 0 Å². The molecule has 0 aliphatic carbocycles. The monoisotopic (exact) mass is 487 g/mol. The number of thiophene rings is 1. The lowest BCUT2D eigenvalue weighted by Crippen LogP contribution is -2.40. The van der Waals surface area contributed by atoms with Crippen LogP contribution in [0, 0.1) is 0 Å². The molecule has 174 valence electrons. The molecule has 1 aromatic heterocycles. The van der Waals surface area contributed by atoms with Gasteiger partial charge in [0, 0.05) is 17.0 Å². The number of nitrogens with zero attached hydrogens (tertiary/aromatic N) is 1. The molecule has 0 fully saturated rings. The highest BCUT2D eigenvalue weighted by Crippen LogP contribution is 2.43. The van der Waals surface area contributed by atoms with Crippen LogP contribution in [0.4, 0.5) is 0 Å². The van der Waals surface area contributed by atoms with Crippen LogP contribution < -0.4 is 18.9 Å². The summed E-state index contributed by atoms with van der Waals surface area (Å²) in [7, 11) is 4.78. The molecule has 4 rings (SSSR count). The maximum Gasteiger partial charge on any atom is 0.254 e. The Balaban J connectivity index is 1.79. The van der Waals surface area contributed by atoms with Crippen LogP contribution in [0.5, 0.6) is 23.0 Å². The molecule has 0 spiro atoms. The number of hydrogen-bond acceptors (Lipinski definition) is 6. The van der Waals surface area contributed by atoms with Gasteiger partial charge < -0.3 is 23.8 Å². The van der Waals surface area contributed by atoms with Crippen LogP contribution in [-0.4, -0.2) is 45.3 Å². The first kappa shape index (κ1) is 23.3. The van der Waals surface area contributed by atoms with Crippen molar-refractivity contribution in [1.82, 2.24) is 4.90 Å². The molecule has 1 amide bonds. The van der Waals surface area contributed by atoms with Crippen molar-refractivity contribution in [3.8, 4) is 23.0 Å². The quantitative estimate of drug-likeness (QED) is 0.433. The minimum Gasteiger partial charge on any atom is -0.493 e. The molecular formula is C25H26ClNO5S. The van der Waals surface area contributed by atoms with E-state index >= 15 is 0 Å². The van der Waals surface area contributed by atoms with Gasteiger partial charge in [-0.05, 0) is 60.2 Å². The number of methoxy groups -OCH3 is 3. The second kappa shape index (κ2) is 9.93. The summed E-state index contributed by atoms with van der Waals surface area (Å²) in [6.45, 7) is 2.87. The average Bonchev–Trinajstić information content (AvgIpc) is 3.37. The molecular weight excluding hydrogens is 462 g/mol. The zero-order valence-electron chi connectivity index (χ0n) is 19.0. The SMILES string of the molecule is CCOc1c(Cl)cc(C(=O)N2CCc3cc(OC)c(OC)cc3C2c2cccs2)cc1OC. The lowest BCUT2D eigenvalue weighted by atomic mass is 9.90. The summed E-state index contributed by atoms with van der Waals surface area (Å²) < 4.78 is 22.1. The summed E-state index contributed by atoms with van der Waals surface area (Å²) in [4.78, 5) is 16.8. The van der Waals surface area contributed by atoms with Gasteiger partial charge in [-0.3, -0.25) is 4.79 Å². The summed E-state index contributed by atoms with van der Waals surface area (Å²) in [6, 6.07) is 11.1. The molecule has 33 heavy (non-hydrogen) atoms. The molecule has 2 heterocycles. The predicted octanol–water partition coefficient (Wildman–Crippen LogP) is 5.61. The fraction of sp³-hybridized carbons (Fsp3) is 0.320. The van der Waals surface area contributed by atoms with E-state index in [0.717, 1.165) is 16.0 Å². The Morgan fingerprint density at radius 1 is 1.09 bits per heavy atom. The Hall–Kier alpha value is -2.90. The number of hydrogen-bond donors (Lipinski definition) is 0. The molecule has 6 nitrogen and oxygen atoms in total. The van der Waals surface area contributed by atoms with Crippen molar-refractivity contribution >= 4 is 28.8 Å². The Kier molecular flexibility index (Phi) is 7.00. The summed E-state index contributed by atoms with van der Waals surface area (Å²) in [5.74, 6) is 2.07. The van der Waals surface area contributed by atoms with E-state index < -0.39 is 0 Å². The van der Waals surface area contributed by atoms with E-state index in [0.29, 0.717) is 53.2 Å². The van der Waals surface area contributed by atoms with Gasteiger partial charge in [0.15, 0.2) is 23.0 Å². The first-order chi connectivity index (χ1) is 16.0. The van der Waals surface area contributed by atoms with Gasteiger partial charge >= 0.3 is 0 Å². The molecule has 8 heteroatoms. The summed E-state index contributed by atoms with van der Waals surface area (Å²) in [5, 5.41) is 2.36.